The third kappa shape index (κ3) is 6.74. The average Bonchev–Trinajstić information content (AvgIpc) is 3.51. The Balaban J connectivity index is 1.55. The van der Waals surface area contributed by atoms with E-state index in [1.54, 1.807) is 14.0 Å². The Morgan fingerprint density at radius 2 is 1.92 bits per heavy atom. The van der Waals surface area contributed by atoms with Gasteiger partial charge in [0.1, 0.15) is 0 Å². The number of anilines is 1. The molecule has 1 aliphatic heterocycles. The molecule has 2 heterocycles. The molecule has 37 heavy (non-hydrogen) atoms. The minimum absolute atomic E-state index is 0.0382. The van der Waals surface area contributed by atoms with Crippen molar-refractivity contribution < 1.29 is 40.3 Å². The Hall–Kier alpha value is -2.37. The molecule has 0 bridgehead atoms. The number of halogens is 2. The number of aromatic nitrogens is 1. The number of nitrogens with one attached hydrogen (secondary N) is 1. The van der Waals surface area contributed by atoms with Crippen molar-refractivity contribution in [2.24, 2.45) is 0 Å². The summed E-state index contributed by atoms with van der Waals surface area (Å²) in [5.74, 6) is 2.28. The van der Waals surface area contributed by atoms with Gasteiger partial charge in [-0.25, -0.2) is 0 Å². The number of benzene rings is 2. The number of carbonyl (C=O) groups is 2. The number of amides is 2. The van der Waals surface area contributed by atoms with Gasteiger partial charge >= 0.3 is 238 Å². The summed E-state index contributed by atoms with van der Waals surface area (Å²) in [6.07, 6.45) is 2.39. The first-order valence-electron chi connectivity index (χ1n) is 11.9. The molecule has 198 valence electrons. The van der Waals surface area contributed by atoms with E-state index in [2.05, 4.69) is 29.4 Å². The van der Waals surface area contributed by atoms with Crippen LogP contribution in [0.2, 0.25) is 4.34 Å². The summed E-state index contributed by atoms with van der Waals surface area (Å²) in [7, 11) is 1.63. The number of hydrogen-bond donors (Lipinski definition) is 1. The average molecular weight is 655 g/mol. The van der Waals surface area contributed by atoms with Crippen LogP contribution < -0.4 is 36.0 Å². The summed E-state index contributed by atoms with van der Waals surface area (Å²) in [6, 6.07) is 13.6. The van der Waals surface area contributed by atoms with Gasteiger partial charge in [-0.1, -0.05) is 0 Å². The van der Waals surface area contributed by atoms with E-state index in [0.29, 0.717) is 22.6 Å². The van der Waals surface area contributed by atoms with Crippen LogP contribution in [0.1, 0.15) is 31.4 Å². The number of methoxy groups -OCH3 is 1. The first-order chi connectivity index (χ1) is 17.7. The number of hydrogen-bond acceptors (Lipinski definition) is 6. The zero-order valence-corrected chi connectivity index (χ0v) is 24.9. The number of alkyl halides is 2. The van der Waals surface area contributed by atoms with E-state index >= 15 is 0 Å². The fourth-order valence-electron chi connectivity index (χ4n) is 4.41. The number of thiazole rings is 1. The predicted octanol–water partition coefficient (Wildman–Crippen LogP) is 2.51. The van der Waals surface area contributed by atoms with Crippen LogP contribution in [0.15, 0.2) is 48.7 Å². The van der Waals surface area contributed by atoms with Crippen LogP contribution in [0.5, 0.6) is 17.2 Å². The summed E-state index contributed by atoms with van der Waals surface area (Å²) in [5, 5.41) is 3.41. The van der Waals surface area contributed by atoms with E-state index in [9.17, 15) is 9.59 Å². The molecule has 0 spiro atoms. The zero-order chi connectivity index (χ0) is 26.6. The number of nitrogens with zero attached hydrogens (tertiary/aromatic N) is 2. The fraction of sp³-hybridized carbons (Fsp3) is 0.370. The molecule has 4 rings (SSSR count). The van der Waals surface area contributed by atoms with Gasteiger partial charge in [0.2, 0.25) is 0 Å². The molecule has 2 unspecified atom stereocenters. The number of rotatable bonds is 9. The van der Waals surface area contributed by atoms with Crippen molar-refractivity contribution in [2.45, 2.75) is 36.5 Å². The van der Waals surface area contributed by atoms with Crippen molar-refractivity contribution in [1.29, 1.82) is 0 Å². The van der Waals surface area contributed by atoms with Crippen molar-refractivity contribution in [3.05, 3.63) is 64.1 Å². The molecule has 0 radical (unpaired) electrons. The predicted molar refractivity (Wildman–Crippen MR) is 143 cm³/mol. The number of carbonyl (C=O) groups excluding carboxylic acids is 2. The van der Waals surface area contributed by atoms with Crippen LogP contribution in [-0.2, 0) is 15.0 Å². The SMILES string of the molecule is COc1ccc(Oc2ccc(C)c(C3(C[I-]C(C)C(=O)Nc4ncc(Cl)s4)CCN(C(C)=O)C3)c2)cc1. The fourth-order valence-corrected chi connectivity index (χ4v) is 8.32. The van der Waals surface area contributed by atoms with E-state index in [4.69, 9.17) is 21.1 Å². The van der Waals surface area contributed by atoms with E-state index in [0.717, 1.165) is 33.7 Å². The molecular formula is C27H30ClIN3O4S-. The molecule has 7 nitrogen and oxygen atoms in total. The maximum absolute atomic E-state index is 12.9. The Kier molecular flexibility index (Phi) is 8.97. The quantitative estimate of drug-likeness (QED) is 0.284. The van der Waals surface area contributed by atoms with Gasteiger partial charge in [-0.2, -0.15) is 0 Å². The van der Waals surface area contributed by atoms with Gasteiger partial charge in [-0.05, 0) is 0 Å². The van der Waals surface area contributed by atoms with Crippen molar-refractivity contribution in [3.8, 4) is 17.2 Å². The molecule has 0 aliphatic carbocycles. The number of aryl methyl sites for hydroxylation is 1. The van der Waals surface area contributed by atoms with Crippen molar-refractivity contribution in [3.63, 3.8) is 0 Å². The summed E-state index contributed by atoms with van der Waals surface area (Å²) in [4.78, 5) is 31.2. The topological polar surface area (TPSA) is 80.8 Å². The first-order valence-corrected chi connectivity index (χ1v) is 15.8. The second-order valence-electron chi connectivity index (χ2n) is 9.09. The van der Waals surface area contributed by atoms with E-state index in [1.807, 2.05) is 42.2 Å². The summed E-state index contributed by atoms with van der Waals surface area (Å²) in [6.45, 7) is 7.05. The molecule has 1 aliphatic rings. The molecule has 2 atom stereocenters. The van der Waals surface area contributed by atoms with Crippen LogP contribution in [0.3, 0.4) is 0 Å². The molecule has 2 aromatic carbocycles. The molecule has 1 aromatic heterocycles. The van der Waals surface area contributed by atoms with Gasteiger partial charge in [0.25, 0.3) is 0 Å². The Labute approximate surface area is 236 Å². The van der Waals surface area contributed by atoms with Crippen molar-refractivity contribution in [1.82, 2.24) is 9.88 Å². The zero-order valence-electron chi connectivity index (χ0n) is 21.2. The van der Waals surface area contributed by atoms with Crippen LogP contribution >= 0.6 is 22.9 Å². The standard InChI is InChI=1S/C27H30ClIN3O4S/c1-17-5-6-22(36-21-9-7-20(35-4)8-10-21)13-23(17)27(11-12-32(16-27)19(3)33)15-29-18(2)25(34)31-26-30-14-24(28)37-26/h5-10,13-14,18H,11-12,15-16H2,1-4H3,(H,30,31,34)/q-1. The maximum atomic E-state index is 12.9. The second kappa shape index (κ2) is 12.0. The third-order valence-corrected chi connectivity index (χ3v) is 11.3. The summed E-state index contributed by atoms with van der Waals surface area (Å²) >= 11 is 6.67. The molecule has 0 saturated carbocycles. The van der Waals surface area contributed by atoms with Gasteiger partial charge in [0, 0.05) is 0 Å². The molecule has 1 saturated heterocycles. The molecule has 2 amide bonds. The number of ether oxygens (including phenoxy) is 2. The molecule has 1 fully saturated rings. The second-order valence-corrected chi connectivity index (χ2v) is 14.3. The van der Waals surface area contributed by atoms with Gasteiger partial charge in [-0.15, -0.1) is 0 Å². The molecular weight excluding hydrogens is 625 g/mol. The normalized spacial score (nSPS) is 18.0. The van der Waals surface area contributed by atoms with Gasteiger partial charge in [0.05, 0.1) is 0 Å². The van der Waals surface area contributed by atoms with Crippen molar-refractivity contribution >= 4 is 39.9 Å². The van der Waals surface area contributed by atoms with Crippen LogP contribution in [0.4, 0.5) is 5.13 Å². The van der Waals surface area contributed by atoms with E-state index < -0.39 is 21.2 Å². The molecule has 3 aromatic rings. The summed E-state index contributed by atoms with van der Waals surface area (Å²) in [5.41, 5.74) is 2.12. The van der Waals surface area contributed by atoms with Crippen LogP contribution in [-0.4, -0.2) is 50.2 Å². The van der Waals surface area contributed by atoms with Gasteiger partial charge in [-0.3, -0.25) is 0 Å². The Bertz CT molecular complexity index is 1270. The van der Waals surface area contributed by atoms with E-state index in [1.165, 1.54) is 23.1 Å². The molecule has 10 heteroatoms. The summed E-state index contributed by atoms with van der Waals surface area (Å²) < 4.78 is 12.7. The van der Waals surface area contributed by atoms with Gasteiger partial charge < -0.3 is 0 Å². The Morgan fingerprint density at radius 3 is 2.54 bits per heavy atom. The first kappa shape index (κ1) is 27.7. The third-order valence-electron chi connectivity index (χ3n) is 6.51. The monoisotopic (exact) mass is 654 g/mol. The molecule has 1 N–H and O–H groups in total. The van der Waals surface area contributed by atoms with Crippen molar-refractivity contribution in [2.75, 3.05) is 29.9 Å². The van der Waals surface area contributed by atoms with E-state index in [-0.39, 0.29) is 21.2 Å². The van der Waals surface area contributed by atoms with Gasteiger partial charge in [0.15, 0.2) is 0 Å². The number of likely N-dealkylation sites (tertiary alicyclic amines) is 1. The minimum atomic E-state index is -0.536. The Morgan fingerprint density at radius 1 is 1.22 bits per heavy atom. The van der Waals surface area contributed by atoms with Crippen LogP contribution in [0.25, 0.3) is 0 Å². The van der Waals surface area contributed by atoms with Crippen LogP contribution in [0, 0.1) is 6.92 Å².